The summed E-state index contributed by atoms with van der Waals surface area (Å²) in [6.07, 6.45) is 0. The SMILES string of the molecule is COc1cccc(C(=O)NCCOc2cccc(C)c2)c1OC. The van der Waals surface area contributed by atoms with Crippen LogP contribution in [0, 0.1) is 6.92 Å². The van der Waals surface area contributed by atoms with E-state index in [1.54, 1.807) is 18.2 Å². The topological polar surface area (TPSA) is 56.8 Å². The molecule has 5 heteroatoms. The van der Waals surface area contributed by atoms with E-state index in [1.165, 1.54) is 14.2 Å². The summed E-state index contributed by atoms with van der Waals surface area (Å²) < 4.78 is 16.1. The number of rotatable bonds is 7. The number of carbonyl (C=O) groups excluding carboxylic acids is 1. The Morgan fingerprint density at radius 1 is 1.09 bits per heavy atom. The highest BCUT2D eigenvalue weighted by atomic mass is 16.5. The summed E-state index contributed by atoms with van der Waals surface area (Å²) in [4.78, 5) is 12.3. The lowest BCUT2D eigenvalue weighted by molar-refractivity contribution is 0.0943. The van der Waals surface area contributed by atoms with Gasteiger partial charge in [-0.05, 0) is 36.8 Å². The van der Waals surface area contributed by atoms with E-state index in [0.29, 0.717) is 30.2 Å². The van der Waals surface area contributed by atoms with E-state index in [-0.39, 0.29) is 5.91 Å². The van der Waals surface area contributed by atoms with Gasteiger partial charge in [-0.3, -0.25) is 4.79 Å². The Morgan fingerprint density at radius 3 is 2.57 bits per heavy atom. The van der Waals surface area contributed by atoms with Crippen molar-refractivity contribution in [2.75, 3.05) is 27.4 Å². The predicted octanol–water partition coefficient (Wildman–Crippen LogP) is 2.82. The first-order valence-electron chi connectivity index (χ1n) is 7.34. The Bertz CT molecular complexity index is 670. The zero-order valence-corrected chi connectivity index (χ0v) is 13.6. The summed E-state index contributed by atoms with van der Waals surface area (Å²) in [5, 5.41) is 2.81. The number of aryl methyl sites for hydroxylation is 1. The highest BCUT2D eigenvalue weighted by Crippen LogP contribution is 2.30. The van der Waals surface area contributed by atoms with Gasteiger partial charge in [0, 0.05) is 0 Å². The molecule has 0 aromatic heterocycles. The molecule has 23 heavy (non-hydrogen) atoms. The van der Waals surface area contributed by atoms with E-state index in [1.807, 2.05) is 31.2 Å². The lowest BCUT2D eigenvalue weighted by Crippen LogP contribution is -2.28. The van der Waals surface area contributed by atoms with Crippen molar-refractivity contribution in [3.05, 3.63) is 53.6 Å². The summed E-state index contributed by atoms with van der Waals surface area (Å²) in [6.45, 7) is 2.79. The van der Waals surface area contributed by atoms with Gasteiger partial charge in [0.05, 0.1) is 26.3 Å². The molecule has 0 unspecified atom stereocenters. The minimum atomic E-state index is -0.228. The van der Waals surface area contributed by atoms with Crippen LogP contribution in [0.4, 0.5) is 0 Å². The molecule has 1 amide bonds. The van der Waals surface area contributed by atoms with E-state index < -0.39 is 0 Å². The number of hydrogen-bond acceptors (Lipinski definition) is 4. The second kappa shape index (κ2) is 8.08. The van der Waals surface area contributed by atoms with E-state index in [9.17, 15) is 4.79 Å². The van der Waals surface area contributed by atoms with Gasteiger partial charge < -0.3 is 19.5 Å². The largest absolute Gasteiger partial charge is 0.493 e. The summed E-state index contributed by atoms with van der Waals surface area (Å²) in [5.41, 5.74) is 1.56. The van der Waals surface area contributed by atoms with Crippen molar-refractivity contribution >= 4 is 5.91 Å². The number of nitrogens with one attached hydrogen (secondary N) is 1. The molecule has 0 atom stereocenters. The van der Waals surface area contributed by atoms with Crippen LogP contribution in [0.1, 0.15) is 15.9 Å². The van der Waals surface area contributed by atoms with Crippen molar-refractivity contribution in [2.24, 2.45) is 0 Å². The molecule has 2 aromatic rings. The van der Waals surface area contributed by atoms with E-state index in [2.05, 4.69) is 5.32 Å². The van der Waals surface area contributed by atoms with Crippen molar-refractivity contribution in [3.8, 4) is 17.2 Å². The molecule has 0 radical (unpaired) electrons. The van der Waals surface area contributed by atoms with Crippen LogP contribution in [0.15, 0.2) is 42.5 Å². The maximum absolute atomic E-state index is 12.3. The maximum atomic E-state index is 12.3. The van der Waals surface area contributed by atoms with Crippen LogP contribution in [0.3, 0.4) is 0 Å². The van der Waals surface area contributed by atoms with Crippen molar-refractivity contribution < 1.29 is 19.0 Å². The van der Waals surface area contributed by atoms with Crippen molar-refractivity contribution in [1.82, 2.24) is 5.32 Å². The van der Waals surface area contributed by atoms with E-state index in [0.717, 1.165) is 11.3 Å². The second-order valence-corrected chi connectivity index (χ2v) is 4.96. The number of carbonyl (C=O) groups is 1. The maximum Gasteiger partial charge on any atom is 0.255 e. The Kier molecular flexibility index (Phi) is 5.86. The summed E-state index contributed by atoms with van der Waals surface area (Å²) >= 11 is 0. The molecular formula is C18H21NO4. The van der Waals surface area contributed by atoms with Gasteiger partial charge in [-0.25, -0.2) is 0 Å². The standard InChI is InChI=1S/C18H21NO4/c1-13-6-4-7-14(12-13)23-11-10-19-18(20)15-8-5-9-16(21-2)17(15)22-3/h4-9,12H,10-11H2,1-3H3,(H,19,20). The highest BCUT2D eigenvalue weighted by molar-refractivity contribution is 5.97. The van der Waals surface area contributed by atoms with Gasteiger partial charge in [-0.15, -0.1) is 0 Å². The van der Waals surface area contributed by atoms with E-state index in [4.69, 9.17) is 14.2 Å². The van der Waals surface area contributed by atoms with Crippen molar-refractivity contribution in [1.29, 1.82) is 0 Å². The first-order valence-corrected chi connectivity index (χ1v) is 7.34. The third-order valence-electron chi connectivity index (χ3n) is 3.29. The lowest BCUT2D eigenvalue weighted by atomic mass is 10.1. The fourth-order valence-electron chi connectivity index (χ4n) is 2.20. The Morgan fingerprint density at radius 2 is 1.87 bits per heavy atom. The minimum absolute atomic E-state index is 0.228. The number of ether oxygens (including phenoxy) is 3. The zero-order chi connectivity index (χ0) is 16.7. The van der Waals surface area contributed by atoms with Gasteiger partial charge in [0.1, 0.15) is 12.4 Å². The van der Waals surface area contributed by atoms with Crippen LogP contribution in [0.2, 0.25) is 0 Å². The summed E-state index contributed by atoms with van der Waals surface area (Å²) in [6, 6.07) is 13.0. The lowest BCUT2D eigenvalue weighted by Gasteiger charge is -2.13. The van der Waals surface area contributed by atoms with Crippen LogP contribution in [0.5, 0.6) is 17.2 Å². The molecule has 0 fully saturated rings. The molecule has 0 bridgehead atoms. The fraction of sp³-hybridized carbons (Fsp3) is 0.278. The van der Waals surface area contributed by atoms with E-state index >= 15 is 0 Å². The molecule has 1 N–H and O–H groups in total. The first kappa shape index (κ1) is 16.7. The van der Waals surface area contributed by atoms with Crippen LogP contribution in [0.25, 0.3) is 0 Å². The van der Waals surface area contributed by atoms with Crippen LogP contribution < -0.4 is 19.5 Å². The zero-order valence-electron chi connectivity index (χ0n) is 13.6. The van der Waals surface area contributed by atoms with Gasteiger partial charge in [-0.2, -0.15) is 0 Å². The average molecular weight is 315 g/mol. The molecule has 2 aromatic carbocycles. The van der Waals surface area contributed by atoms with Gasteiger partial charge in [0.25, 0.3) is 5.91 Å². The Hall–Kier alpha value is -2.69. The van der Waals surface area contributed by atoms with Crippen LogP contribution in [-0.2, 0) is 0 Å². The van der Waals surface area contributed by atoms with Gasteiger partial charge in [0.2, 0.25) is 0 Å². The van der Waals surface area contributed by atoms with Crippen molar-refractivity contribution in [3.63, 3.8) is 0 Å². The quantitative estimate of drug-likeness (QED) is 0.798. The molecule has 5 nitrogen and oxygen atoms in total. The minimum Gasteiger partial charge on any atom is -0.493 e. The van der Waals surface area contributed by atoms with Gasteiger partial charge in [0.15, 0.2) is 11.5 Å². The molecule has 0 spiro atoms. The molecular weight excluding hydrogens is 294 g/mol. The molecule has 0 aliphatic carbocycles. The number of hydrogen-bond donors (Lipinski definition) is 1. The molecule has 0 aliphatic heterocycles. The second-order valence-electron chi connectivity index (χ2n) is 4.96. The first-order chi connectivity index (χ1) is 11.2. The third kappa shape index (κ3) is 4.39. The van der Waals surface area contributed by atoms with Crippen LogP contribution >= 0.6 is 0 Å². The Labute approximate surface area is 136 Å². The summed E-state index contributed by atoms with van der Waals surface area (Å²) in [7, 11) is 3.05. The smallest absolute Gasteiger partial charge is 0.255 e. The number of amides is 1. The molecule has 122 valence electrons. The number of para-hydroxylation sites is 1. The van der Waals surface area contributed by atoms with Gasteiger partial charge in [-0.1, -0.05) is 18.2 Å². The normalized spacial score (nSPS) is 10.0. The average Bonchev–Trinajstić information content (AvgIpc) is 2.57. The van der Waals surface area contributed by atoms with Gasteiger partial charge >= 0.3 is 0 Å². The molecule has 0 saturated carbocycles. The fourth-order valence-corrected chi connectivity index (χ4v) is 2.20. The molecule has 0 aliphatic rings. The Balaban J connectivity index is 1.90. The monoisotopic (exact) mass is 315 g/mol. The van der Waals surface area contributed by atoms with Crippen LogP contribution in [-0.4, -0.2) is 33.3 Å². The molecule has 2 rings (SSSR count). The highest BCUT2D eigenvalue weighted by Gasteiger charge is 2.15. The van der Waals surface area contributed by atoms with Crippen molar-refractivity contribution in [2.45, 2.75) is 6.92 Å². The summed E-state index contributed by atoms with van der Waals surface area (Å²) in [5.74, 6) is 1.51. The number of benzene rings is 2. The number of methoxy groups -OCH3 is 2. The third-order valence-corrected chi connectivity index (χ3v) is 3.29. The molecule has 0 heterocycles. The predicted molar refractivity (Wildman–Crippen MR) is 88.6 cm³/mol. The molecule has 0 saturated heterocycles.